The first-order valence-corrected chi connectivity index (χ1v) is 5.05. The highest BCUT2D eigenvalue weighted by Gasteiger charge is 2.33. The van der Waals surface area contributed by atoms with Crippen LogP contribution in [0, 0.1) is 6.92 Å². The van der Waals surface area contributed by atoms with E-state index in [-0.39, 0.29) is 18.4 Å². The number of aromatic nitrogens is 2. The van der Waals surface area contributed by atoms with Crippen molar-refractivity contribution >= 4 is 11.8 Å². The van der Waals surface area contributed by atoms with Gasteiger partial charge in [0, 0.05) is 22.4 Å². The molecule has 1 N–H and O–H groups in total. The number of aryl methyl sites for hydroxylation is 1. The summed E-state index contributed by atoms with van der Waals surface area (Å²) in [5.74, 6) is -0.411. The third kappa shape index (κ3) is 1.44. The zero-order valence-electron chi connectivity index (χ0n) is 9.50. The molecule has 0 radical (unpaired) electrons. The van der Waals surface area contributed by atoms with Gasteiger partial charge in [-0.1, -0.05) is 0 Å². The van der Waals surface area contributed by atoms with Gasteiger partial charge in [0.25, 0.3) is 11.8 Å². The molecule has 84 valence electrons. The Morgan fingerprint density at radius 1 is 1.19 bits per heavy atom. The van der Waals surface area contributed by atoms with Crippen LogP contribution in [0.2, 0.25) is 0 Å². The number of rotatable bonds is 2. The van der Waals surface area contributed by atoms with E-state index in [0.717, 1.165) is 11.3 Å². The average molecular weight is 219 g/mol. The molecule has 2 rings (SSSR count). The second-order valence-corrected chi connectivity index (χ2v) is 3.97. The topological polar surface area (TPSA) is 66.1 Å². The van der Waals surface area contributed by atoms with Crippen LogP contribution in [0.3, 0.4) is 0 Å². The monoisotopic (exact) mass is 219 g/mol. The molecule has 0 unspecified atom stereocenters. The molecule has 2 heterocycles. The van der Waals surface area contributed by atoms with Crippen LogP contribution in [-0.4, -0.2) is 26.9 Å². The largest absolute Gasteiger partial charge is 0.283 e. The number of carbonyl (C=O) groups is 2. The smallest absolute Gasteiger partial charge is 0.257 e. The molecule has 1 aliphatic rings. The van der Waals surface area contributed by atoms with Crippen molar-refractivity contribution in [3.8, 4) is 0 Å². The molecule has 1 aromatic heterocycles. The first-order valence-electron chi connectivity index (χ1n) is 5.05. The van der Waals surface area contributed by atoms with Crippen LogP contribution in [0.1, 0.15) is 25.1 Å². The lowest BCUT2D eigenvalue weighted by Crippen LogP contribution is -2.30. The number of nitrogens with zero attached hydrogens (tertiary/aromatic N) is 2. The highest BCUT2D eigenvalue weighted by molar-refractivity contribution is 6.18. The summed E-state index contributed by atoms with van der Waals surface area (Å²) in [7, 11) is 0. The SMILES string of the molecule is CC1=C(C)C(=O)N(Cc2cn[nH]c2C)C1=O. The van der Waals surface area contributed by atoms with E-state index in [2.05, 4.69) is 10.2 Å². The molecule has 0 aromatic carbocycles. The second-order valence-electron chi connectivity index (χ2n) is 3.97. The van der Waals surface area contributed by atoms with Crippen molar-refractivity contribution < 1.29 is 9.59 Å². The van der Waals surface area contributed by atoms with Crippen LogP contribution < -0.4 is 0 Å². The Morgan fingerprint density at radius 3 is 2.19 bits per heavy atom. The van der Waals surface area contributed by atoms with E-state index >= 15 is 0 Å². The summed E-state index contributed by atoms with van der Waals surface area (Å²) in [4.78, 5) is 24.8. The Balaban J connectivity index is 2.24. The molecule has 2 amide bonds. The lowest BCUT2D eigenvalue weighted by atomic mass is 10.2. The maximum absolute atomic E-state index is 11.8. The molecule has 16 heavy (non-hydrogen) atoms. The summed E-state index contributed by atoms with van der Waals surface area (Å²) in [6, 6.07) is 0. The van der Waals surface area contributed by atoms with Gasteiger partial charge < -0.3 is 0 Å². The van der Waals surface area contributed by atoms with Crippen molar-refractivity contribution in [1.29, 1.82) is 0 Å². The van der Waals surface area contributed by atoms with Gasteiger partial charge >= 0.3 is 0 Å². The molecule has 0 aliphatic carbocycles. The Hall–Kier alpha value is -1.91. The van der Waals surface area contributed by atoms with Crippen LogP contribution in [-0.2, 0) is 16.1 Å². The minimum Gasteiger partial charge on any atom is -0.283 e. The molecular formula is C11H13N3O2. The lowest BCUT2D eigenvalue weighted by molar-refractivity contribution is -0.138. The molecule has 0 fully saturated rings. The van der Waals surface area contributed by atoms with Crippen LogP contribution >= 0.6 is 0 Å². The van der Waals surface area contributed by atoms with Gasteiger partial charge in [0.1, 0.15) is 0 Å². The summed E-state index contributed by atoms with van der Waals surface area (Å²) in [5.41, 5.74) is 2.81. The summed E-state index contributed by atoms with van der Waals surface area (Å²) < 4.78 is 0. The first kappa shape index (κ1) is 10.6. The van der Waals surface area contributed by atoms with Crippen molar-refractivity contribution in [3.05, 3.63) is 28.6 Å². The fourth-order valence-corrected chi connectivity index (χ4v) is 1.67. The second kappa shape index (κ2) is 3.59. The van der Waals surface area contributed by atoms with E-state index in [1.165, 1.54) is 4.90 Å². The zero-order valence-corrected chi connectivity index (χ0v) is 9.50. The fraction of sp³-hybridized carbons (Fsp3) is 0.364. The predicted molar refractivity (Wildman–Crippen MR) is 57.3 cm³/mol. The number of nitrogens with one attached hydrogen (secondary N) is 1. The average Bonchev–Trinajstić information content (AvgIpc) is 2.73. The van der Waals surface area contributed by atoms with Gasteiger partial charge in [0.2, 0.25) is 0 Å². The zero-order chi connectivity index (χ0) is 11.9. The lowest BCUT2D eigenvalue weighted by Gasteiger charge is -2.13. The minimum atomic E-state index is -0.205. The van der Waals surface area contributed by atoms with Crippen LogP contribution in [0.25, 0.3) is 0 Å². The number of H-pyrrole nitrogens is 1. The van der Waals surface area contributed by atoms with E-state index in [4.69, 9.17) is 0 Å². The maximum atomic E-state index is 11.8. The number of carbonyl (C=O) groups excluding carboxylic acids is 2. The van der Waals surface area contributed by atoms with Gasteiger partial charge in [0.05, 0.1) is 12.7 Å². The van der Waals surface area contributed by atoms with Crippen LogP contribution in [0.4, 0.5) is 0 Å². The number of hydrogen-bond donors (Lipinski definition) is 1. The van der Waals surface area contributed by atoms with E-state index in [1.54, 1.807) is 20.0 Å². The molecule has 0 bridgehead atoms. The van der Waals surface area contributed by atoms with E-state index in [1.807, 2.05) is 6.92 Å². The highest BCUT2D eigenvalue weighted by Crippen LogP contribution is 2.22. The van der Waals surface area contributed by atoms with Gasteiger partial charge in [-0.3, -0.25) is 19.6 Å². The normalized spacial score (nSPS) is 16.6. The quantitative estimate of drug-likeness (QED) is 0.752. The molecule has 0 spiro atoms. The summed E-state index contributed by atoms with van der Waals surface area (Å²) in [6.45, 7) is 5.50. The molecule has 0 atom stereocenters. The van der Waals surface area contributed by atoms with E-state index < -0.39 is 0 Å². The van der Waals surface area contributed by atoms with Crippen molar-refractivity contribution in [2.75, 3.05) is 0 Å². The van der Waals surface area contributed by atoms with Crippen molar-refractivity contribution in [3.63, 3.8) is 0 Å². The van der Waals surface area contributed by atoms with Crippen molar-refractivity contribution in [2.24, 2.45) is 0 Å². The van der Waals surface area contributed by atoms with Gasteiger partial charge in [0.15, 0.2) is 0 Å². The molecule has 0 saturated heterocycles. The molecule has 5 heteroatoms. The number of hydrogen-bond acceptors (Lipinski definition) is 3. The fourth-order valence-electron chi connectivity index (χ4n) is 1.67. The number of aromatic amines is 1. The predicted octanol–water partition coefficient (Wildman–Crippen LogP) is 0.923. The third-order valence-electron chi connectivity index (χ3n) is 2.96. The summed E-state index contributed by atoms with van der Waals surface area (Å²) in [5, 5.41) is 6.65. The summed E-state index contributed by atoms with van der Waals surface area (Å²) >= 11 is 0. The van der Waals surface area contributed by atoms with E-state index in [9.17, 15) is 9.59 Å². The third-order valence-corrected chi connectivity index (χ3v) is 2.96. The van der Waals surface area contributed by atoms with Gasteiger partial charge in [-0.25, -0.2) is 0 Å². The summed E-state index contributed by atoms with van der Waals surface area (Å²) in [6.07, 6.45) is 1.64. The Morgan fingerprint density at radius 2 is 1.75 bits per heavy atom. The molecule has 0 saturated carbocycles. The Bertz CT molecular complexity index is 475. The Kier molecular flexibility index (Phi) is 2.38. The van der Waals surface area contributed by atoms with Gasteiger partial charge in [-0.15, -0.1) is 0 Å². The van der Waals surface area contributed by atoms with Crippen LogP contribution in [0.15, 0.2) is 17.3 Å². The molecular weight excluding hydrogens is 206 g/mol. The standard InChI is InChI=1S/C11H13N3O2/c1-6-7(2)11(16)14(10(6)15)5-9-4-12-13-8(9)3/h4H,5H2,1-3H3,(H,12,13). The van der Waals surface area contributed by atoms with Crippen molar-refractivity contribution in [2.45, 2.75) is 27.3 Å². The Labute approximate surface area is 93.1 Å². The molecule has 5 nitrogen and oxygen atoms in total. The first-order chi connectivity index (χ1) is 7.52. The van der Waals surface area contributed by atoms with Crippen molar-refractivity contribution in [1.82, 2.24) is 15.1 Å². The van der Waals surface area contributed by atoms with Gasteiger partial charge in [-0.2, -0.15) is 5.10 Å². The highest BCUT2D eigenvalue weighted by atomic mass is 16.2. The number of amides is 2. The molecule has 1 aliphatic heterocycles. The maximum Gasteiger partial charge on any atom is 0.257 e. The minimum absolute atomic E-state index is 0.205. The van der Waals surface area contributed by atoms with Gasteiger partial charge in [-0.05, 0) is 20.8 Å². The van der Waals surface area contributed by atoms with Crippen LogP contribution in [0.5, 0.6) is 0 Å². The molecule has 1 aromatic rings. The van der Waals surface area contributed by atoms with E-state index in [0.29, 0.717) is 11.1 Å². The number of imide groups is 1.